The topological polar surface area (TPSA) is 71.1 Å². The number of anilines is 1. The number of hydrogen-bond acceptors (Lipinski definition) is 4. The number of amides is 2. The molecule has 1 atom stereocenters. The molecule has 0 spiro atoms. The van der Waals surface area contributed by atoms with Gasteiger partial charge in [0.15, 0.2) is 5.13 Å². The third-order valence-electron chi connectivity index (χ3n) is 4.25. The van der Waals surface area contributed by atoms with Crippen molar-refractivity contribution in [1.82, 2.24) is 10.3 Å². The van der Waals surface area contributed by atoms with Crippen molar-refractivity contribution in [3.63, 3.8) is 0 Å². The molecule has 0 aliphatic rings. The van der Waals surface area contributed by atoms with Gasteiger partial charge in [-0.25, -0.2) is 4.98 Å². The van der Waals surface area contributed by atoms with E-state index in [0.29, 0.717) is 5.13 Å². The molecule has 3 rings (SSSR count). The molecule has 1 aromatic heterocycles. The number of benzene rings is 2. The minimum absolute atomic E-state index is 0.0404. The van der Waals surface area contributed by atoms with Gasteiger partial charge in [-0.15, -0.1) is 0 Å². The molecule has 0 saturated heterocycles. The molecule has 1 heterocycles. The number of hydrogen-bond donors (Lipinski definition) is 2. The molecular weight excluding hydrogens is 358 g/mol. The van der Waals surface area contributed by atoms with E-state index in [9.17, 15) is 9.59 Å². The van der Waals surface area contributed by atoms with Crippen molar-refractivity contribution in [3.8, 4) is 0 Å². The van der Waals surface area contributed by atoms with E-state index in [1.807, 2.05) is 69.3 Å². The molecule has 5 nitrogen and oxygen atoms in total. The van der Waals surface area contributed by atoms with Crippen LogP contribution < -0.4 is 10.6 Å². The van der Waals surface area contributed by atoms with Gasteiger partial charge in [0.05, 0.1) is 16.6 Å². The highest BCUT2D eigenvalue weighted by molar-refractivity contribution is 7.22. The van der Waals surface area contributed by atoms with E-state index in [4.69, 9.17) is 0 Å². The standard InChI is InChI=1S/C21H23N3O2S/c1-13(2)19(23-18(25)12-15-7-5-4-6-8-15)20(26)24-21-22-16-10-9-14(3)11-17(16)27-21/h4-11,13,19H,12H2,1-3H3,(H,23,25)(H,22,24,26)/t19-/m0/s1. The molecular formula is C21H23N3O2S. The van der Waals surface area contributed by atoms with Gasteiger partial charge in [0, 0.05) is 0 Å². The fourth-order valence-corrected chi connectivity index (χ4v) is 3.78. The summed E-state index contributed by atoms with van der Waals surface area (Å²) in [6.45, 7) is 5.85. The fourth-order valence-electron chi connectivity index (χ4n) is 2.81. The summed E-state index contributed by atoms with van der Waals surface area (Å²) in [7, 11) is 0. The van der Waals surface area contributed by atoms with E-state index in [2.05, 4.69) is 15.6 Å². The number of nitrogens with one attached hydrogen (secondary N) is 2. The highest BCUT2D eigenvalue weighted by atomic mass is 32.1. The van der Waals surface area contributed by atoms with Crippen LogP contribution in [0.4, 0.5) is 5.13 Å². The zero-order valence-corrected chi connectivity index (χ0v) is 16.5. The molecule has 140 valence electrons. The number of aromatic nitrogens is 1. The maximum atomic E-state index is 12.7. The first kappa shape index (κ1) is 19.0. The van der Waals surface area contributed by atoms with Crippen LogP contribution in [0.15, 0.2) is 48.5 Å². The van der Waals surface area contributed by atoms with E-state index in [0.717, 1.165) is 21.3 Å². The molecule has 0 fully saturated rings. The SMILES string of the molecule is Cc1ccc2nc(NC(=O)[C@@H](NC(=O)Cc3ccccc3)C(C)C)sc2c1. The first-order valence-electron chi connectivity index (χ1n) is 8.93. The van der Waals surface area contributed by atoms with Gasteiger partial charge in [-0.2, -0.15) is 0 Å². The minimum Gasteiger partial charge on any atom is -0.344 e. The van der Waals surface area contributed by atoms with Crippen molar-refractivity contribution >= 4 is 38.5 Å². The molecule has 0 bridgehead atoms. The van der Waals surface area contributed by atoms with Crippen molar-refractivity contribution in [1.29, 1.82) is 0 Å². The van der Waals surface area contributed by atoms with Crippen LogP contribution in [0.3, 0.4) is 0 Å². The molecule has 0 radical (unpaired) electrons. The average Bonchev–Trinajstić information content (AvgIpc) is 3.01. The van der Waals surface area contributed by atoms with Gasteiger partial charge >= 0.3 is 0 Å². The lowest BCUT2D eigenvalue weighted by atomic mass is 10.0. The van der Waals surface area contributed by atoms with Gasteiger partial charge in [-0.3, -0.25) is 9.59 Å². The number of aryl methyl sites for hydroxylation is 1. The number of carbonyl (C=O) groups is 2. The second kappa shape index (κ2) is 8.31. The predicted molar refractivity (Wildman–Crippen MR) is 110 cm³/mol. The maximum Gasteiger partial charge on any atom is 0.248 e. The Labute approximate surface area is 162 Å². The summed E-state index contributed by atoms with van der Waals surface area (Å²) < 4.78 is 1.03. The quantitative estimate of drug-likeness (QED) is 0.680. The van der Waals surface area contributed by atoms with E-state index in [1.54, 1.807) is 0 Å². The first-order chi connectivity index (χ1) is 12.9. The van der Waals surface area contributed by atoms with E-state index in [-0.39, 0.29) is 24.2 Å². The summed E-state index contributed by atoms with van der Waals surface area (Å²) in [6.07, 6.45) is 0.248. The fraction of sp³-hybridized carbons (Fsp3) is 0.286. The van der Waals surface area contributed by atoms with Crippen molar-refractivity contribution in [2.45, 2.75) is 33.2 Å². The molecule has 27 heavy (non-hydrogen) atoms. The Morgan fingerprint density at radius 2 is 1.85 bits per heavy atom. The highest BCUT2D eigenvalue weighted by Crippen LogP contribution is 2.27. The summed E-state index contributed by atoms with van der Waals surface area (Å²) in [5, 5.41) is 6.25. The van der Waals surface area contributed by atoms with Crippen LogP contribution in [0.1, 0.15) is 25.0 Å². The molecule has 0 saturated carbocycles. The van der Waals surface area contributed by atoms with Crippen molar-refractivity contribution in [3.05, 3.63) is 59.7 Å². The molecule has 3 aromatic rings. The van der Waals surface area contributed by atoms with Crippen LogP contribution in [0.25, 0.3) is 10.2 Å². The summed E-state index contributed by atoms with van der Waals surface area (Å²) in [4.78, 5) is 29.5. The summed E-state index contributed by atoms with van der Waals surface area (Å²) >= 11 is 1.43. The lowest BCUT2D eigenvalue weighted by Crippen LogP contribution is -2.47. The average molecular weight is 382 g/mol. The van der Waals surface area contributed by atoms with Gasteiger partial charge in [0.2, 0.25) is 11.8 Å². The maximum absolute atomic E-state index is 12.7. The Hall–Kier alpha value is -2.73. The normalized spacial score (nSPS) is 12.1. The van der Waals surface area contributed by atoms with E-state index in [1.165, 1.54) is 11.3 Å². The molecule has 0 unspecified atom stereocenters. The number of carbonyl (C=O) groups excluding carboxylic acids is 2. The van der Waals surface area contributed by atoms with Crippen LogP contribution >= 0.6 is 11.3 Å². The number of nitrogens with zero attached hydrogens (tertiary/aromatic N) is 1. The second-order valence-corrected chi connectivity index (χ2v) is 7.96. The summed E-state index contributed by atoms with van der Waals surface area (Å²) in [5.41, 5.74) is 2.92. The van der Waals surface area contributed by atoms with Crippen molar-refractivity contribution in [2.75, 3.05) is 5.32 Å². The Morgan fingerprint density at radius 1 is 1.11 bits per heavy atom. The smallest absolute Gasteiger partial charge is 0.248 e. The number of fused-ring (bicyclic) bond motifs is 1. The monoisotopic (exact) mass is 381 g/mol. The minimum atomic E-state index is -0.616. The van der Waals surface area contributed by atoms with Gasteiger partial charge in [-0.05, 0) is 36.1 Å². The number of thiazole rings is 1. The van der Waals surface area contributed by atoms with Crippen LogP contribution in [0.2, 0.25) is 0 Å². The zero-order valence-electron chi connectivity index (χ0n) is 15.7. The molecule has 2 amide bonds. The Balaban J connectivity index is 1.68. The van der Waals surface area contributed by atoms with Crippen LogP contribution in [-0.2, 0) is 16.0 Å². The molecule has 0 aliphatic heterocycles. The van der Waals surface area contributed by atoms with Gasteiger partial charge in [0.25, 0.3) is 0 Å². The zero-order chi connectivity index (χ0) is 19.4. The van der Waals surface area contributed by atoms with Crippen LogP contribution in [0.5, 0.6) is 0 Å². The third-order valence-corrected chi connectivity index (χ3v) is 5.18. The Morgan fingerprint density at radius 3 is 2.56 bits per heavy atom. The molecule has 2 aromatic carbocycles. The largest absolute Gasteiger partial charge is 0.344 e. The predicted octanol–water partition coefficient (Wildman–Crippen LogP) is 3.93. The van der Waals surface area contributed by atoms with Crippen LogP contribution in [-0.4, -0.2) is 22.8 Å². The molecule has 0 aliphatic carbocycles. The molecule has 2 N–H and O–H groups in total. The molecule has 6 heteroatoms. The Bertz CT molecular complexity index is 950. The van der Waals surface area contributed by atoms with Crippen LogP contribution in [0, 0.1) is 12.8 Å². The summed E-state index contributed by atoms with van der Waals surface area (Å²) in [6, 6.07) is 14.9. The summed E-state index contributed by atoms with van der Waals surface area (Å²) in [5.74, 6) is -0.460. The second-order valence-electron chi connectivity index (χ2n) is 6.93. The lowest BCUT2D eigenvalue weighted by molar-refractivity contribution is -0.127. The lowest BCUT2D eigenvalue weighted by Gasteiger charge is -2.21. The highest BCUT2D eigenvalue weighted by Gasteiger charge is 2.25. The van der Waals surface area contributed by atoms with Crippen molar-refractivity contribution in [2.24, 2.45) is 5.92 Å². The van der Waals surface area contributed by atoms with E-state index < -0.39 is 6.04 Å². The number of rotatable bonds is 6. The van der Waals surface area contributed by atoms with Gasteiger partial charge in [-0.1, -0.05) is 61.6 Å². The third kappa shape index (κ3) is 4.92. The van der Waals surface area contributed by atoms with E-state index >= 15 is 0 Å². The van der Waals surface area contributed by atoms with Crippen molar-refractivity contribution < 1.29 is 9.59 Å². The first-order valence-corrected chi connectivity index (χ1v) is 9.75. The Kier molecular flexibility index (Phi) is 5.86. The van der Waals surface area contributed by atoms with Gasteiger partial charge in [0.1, 0.15) is 6.04 Å². The van der Waals surface area contributed by atoms with Gasteiger partial charge < -0.3 is 10.6 Å².